The molecule has 1 aromatic rings. The molecule has 0 amide bonds. The largest absolute Gasteiger partial charge is 0.496 e. The molecule has 0 aromatic heterocycles. The zero-order valence-electron chi connectivity index (χ0n) is 11.5. The predicted molar refractivity (Wildman–Crippen MR) is 70.4 cm³/mol. The number of rotatable bonds is 3. The van der Waals surface area contributed by atoms with Gasteiger partial charge in [-0.3, -0.25) is 4.79 Å². The van der Waals surface area contributed by atoms with E-state index in [-0.39, 0.29) is 5.78 Å². The normalized spacial score (nSPS) is 23.1. The Kier molecular flexibility index (Phi) is 3.44. The van der Waals surface area contributed by atoms with Gasteiger partial charge in [-0.25, -0.2) is 0 Å². The SMILES string of the molecule is COc1c(C(=O)C2(C)CCCO2)ccc(C)c1C. The minimum atomic E-state index is -0.686. The number of aryl methyl sites for hydroxylation is 1. The van der Waals surface area contributed by atoms with E-state index in [1.807, 2.05) is 32.9 Å². The number of hydrogen-bond acceptors (Lipinski definition) is 3. The first-order valence-electron chi connectivity index (χ1n) is 6.32. The van der Waals surface area contributed by atoms with E-state index < -0.39 is 5.60 Å². The lowest BCUT2D eigenvalue weighted by Gasteiger charge is -2.23. The Bertz CT molecular complexity index is 471. The molecule has 0 N–H and O–H groups in total. The molecule has 3 heteroatoms. The van der Waals surface area contributed by atoms with Crippen molar-refractivity contribution in [2.45, 2.75) is 39.2 Å². The summed E-state index contributed by atoms with van der Waals surface area (Å²) in [5, 5.41) is 0. The number of methoxy groups -OCH3 is 1. The summed E-state index contributed by atoms with van der Waals surface area (Å²) in [5.74, 6) is 0.705. The number of carbonyl (C=O) groups is 1. The van der Waals surface area contributed by atoms with Crippen LogP contribution in [0.1, 0.15) is 41.3 Å². The van der Waals surface area contributed by atoms with E-state index in [0.29, 0.717) is 17.9 Å². The summed E-state index contributed by atoms with van der Waals surface area (Å²) in [4.78, 5) is 12.6. The highest BCUT2D eigenvalue weighted by molar-refractivity contribution is 6.05. The second-order valence-corrected chi connectivity index (χ2v) is 5.10. The first-order chi connectivity index (χ1) is 8.49. The number of benzene rings is 1. The van der Waals surface area contributed by atoms with E-state index in [0.717, 1.165) is 24.0 Å². The molecule has 1 saturated heterocycles. The van der Waals surface area contributed by atoms with E-state index in [1.165, 1.54) is 0 Å². The monoisotopic (exact) mass is 248 g/mol. The van der Waals surface area contributed by atoms with Gasteiger partial charge in [0.1, 0.15) is 11.4 Å². The van der Waals surface area contributed by atoms with E-state index in [2.05, 4.69) is 0 Å². The Hall–Kier alpha value is -1.35. The second-order valence-electron chi connectivity index (χ2n) is 5.10. The quantitative estimate of drug-likeness (QED) is 0.771. The van der Waals surface area contributed by atoms with Gasteiger partial charge in [0, 0.05) is 6.61 Å². The Balaban J connectivity index is 2.45. The molecule has 0 spiro atoms. The summed E-state index contributed by atoms with van der Waals surface area (Å²) < 4.78 is 11.0. The van der Waals surface area contributed by atoms with Crippen molar-refractivity contribution in [2.75, 3.05) is 13.7 Å². The number of carbonyl (C=O) groups excluding carboxylic acids is 1. The van der Waals surface area contributed by atoms with Crippen LogP contribution in [0.5, 0.6) is 5.75 Å². The molecule has 0 bridgehead atoms. The van der Waals surface area contributed by atoms with Crippen molar-refractivity contribution < 1.29 is 14.3 Å². The van der Waals surface area contributed by atoms with E-state index in [1.54, 1.807) is 7.11 Å². The maximum absolute atomic E-state index is 12.6. The van der Waals surface area contributed by atoms with Crippen molar-refractivity contribution in [1.29, 1.82) is 0 Å². The third-order valence-electron chi connectivity index (χ3n) is 3.82. The molecule has 2 rings (SSSR count). The summed E-state index contributed by atoms with van der Waals surface area (Å²) in [5.41, 5.74) is 2.09. The number of Topliss-reactive ketones (excluding diaryl/α,β-unsaturated/α-hetero) is 1. The maximum atomic E-state index is 12.6. The van der Waals surface area contributed by atoms with Crippen molar-refractivity contribution in [2.24, 2.45) is 0 Å². The first-order valence-corrected chi connectivity index (χ1v) is 6.32. The molecule has 3 nitrogen and oxygen atoms in total. The molecule has 0 aliphatic carbocycles. The molecule has 0 radical (unpaired) electrons. The van der Waals surface area contributed by atoms with Crippen molar-refractivity contribution in [3.63, 3.8) is 0 Å². The summed E-state index contributed by atoms with van der Waals surface area (Å²) in [6.07, 6.45) is 1.72. The Morgan fingerprint density at radius 3 is 2.67 bits per heavy atom. The number of ketones is 1. The van der Waals surface area contributed by atoms with Crippen molar-refractivity contribution >= 4 is 5.78 Å². The third-order valence-corrected chi connectivity index (χ3v) is 3.82. The van der Waals surface area contributed by atoms with E-state index >= 15 is 0 Å². The summed E-state index contributed by atoms with van der Waals surface area (Å²) in [7, 11) is 1.61. The first kappa shape index (κ1) is 13.1. The summed E-state index contributed by atoms with van der Waals surface area (Å²) in [6.45, 7) is 6.52. The fourth-order valence-electron chi connectivity index (χ4n) is 2.48. The molecule has 1 unspecified atom stereocenters. The van der Waals surface area contributed by atoms with Gasteiger partial charge >= 0.3 is 0 Å². The van der Waals surface area contributed by atoms with Crippen LogP contribution in [0.15, 0.2) is 12.1 Å². The van der Waals surface area contributed by atoms with Gasteiger partial charge < -0.3 is 9.47 Å². The molecule has 18 heavy (non-hydrogen) atoms. The highest BCUT2D eigenvalue weighted by atomic mass is 16.5. The minimum absolute atomic E-state index is 0.0277. The van der Waals surface area contributed by atoms with Gasteiger partial charge in [0.25, 0.3) is 0 Å². The molecule has 1 aromatic carbocycles. The average Bonchev–Trinajstić information content (AvgIpc) is 2.80. The molecular weight excluding hydrogens is 228 g/mol. The zero-order valence-corrected chi connectivity index (χ0v) is 11.5. The molecular formula is C15H20O3. The third kappa shape index (κ3) is 2.03. The van der Waals surface area contributed by atoms with E-state index in [4.69, 9.17) is 9.47 Å². The molecule has 1 aliphatic heterocycles. The topological polar surface area (TPSA) is 35.5 Å². The lowest BCUT2D eigenvalue weighted by Crippen LogP contribution is -2.34. The van der Waals surface area contributed by atoms with Crippen LogP contribution in [0.25, 0.3) is 0 Å². The molecule has 1 fully saturated rings. The zero-order chi connectivity index (χ0) is 13.3. The molecule has 0 saturated carbocycles. The van der Waals surface area contributed by atoms with Crippen LogP contribution in [-0.4, -0.2) is 25.1 Å². The number of ether oxygens (including phenoxy) is 2. The fraction of sp³-hybridized carbons (Fsp3) is 0.533. The van der Waals surface area contributed by atoms with Gasteiger partial charge in [0.05, 0.1) is 12.7 Å². The van der Waals surface area contributed by atoms with Crippen LogP contribution >= 0.6 is 0 Å². The van der Waals surface area contributed by atoms with Crippen LogP contribution in [0.4, 0.5) is 0 Å². The Labute approximate surface area is 108 Å². The van der Waals surface area contributed by atoms with Crippen LogP contribution in [0.2, 0.25) is 0 Å². The maximum Gasteiger partial charge on any atom is 0.198 e. The van der Waals surface area contributed by atoms with Crippen LogP contribution in [-0.2, 0) is 4.74 Å². The van der Waals surface area contributed by atoms with Crippen molar-refractivity contribution in [3.8, 4) is 5.75 Å². The molecule has 1 aliphatic rings. The van der Waals surface area contributed by atoms with Gasteiger partial charge in [-0.2, -0.15) is 0 Å². The standard InChI is InChI=1S/C15H20O3/c1-10-6-7-12(13(17-4)11(10)2)14(16)15(3)8-5-9-18-15/h6-7H,5,8-9H2,1-4H3. The van der Waals surface area contributed by atoms with Crippen molar-refractivity contribution in [1.82, 2.24) is 0 Å². The van der Waals surface area contributed by atoms with Gasteiger partial charge in [0.15, 0.2) is 5.78 Å². The van der Waals surface area contributed by atoms with E-state index in [9.17, 15) is 4.79 Å². The Morgan fingerprint density at radius 2 is 2.11 bits per heavy atom. The van der Waals surface area contributed by atoms with Crippen LogP contribution in [0.3, 0.4) is 0 Å². The van der Waals surface area contributed by atoms with Crippen molar-refractivity contribution in [3.05, 3.63) is 28.8 Å². The predicted octanol–water partition coefficient (Wildman–Crippen LogP) is 3.06. The van der Waals surface area contributed by atoms with Gasteiger partial charge in [0.2, 0.25) is 0 Å². The second kappa shape index (κ2) is 4.73. The highest BCUT2D eigenvalue weighted by Crippen LogP contribution is 2.34. The van der Waals surface area contributed by atoms with Gasteiger partial charge in [-0.05, 0) is 50.8 Å². The minimum Gasteiger partial charge on any atom is -0.496 e. The summed E-state index contributed by atoms with van der Waals surface area (Å²) >= 11 is 0. The van der Waals surface area contributed by atoms with Crippen LogP contribution < -0.4 is 4.74 Å². The lowest BCUT2D eigenvalue weighted by molar-refractivity contribution is 0.0211. The molecule has 1 heterocycles. The van der Waals surface area contributed by atoms with Gasteiger partial charge in [-0.15, -0.1) is 0 Å². The van der Waals surface area contributed by atoms with Crippen LogP contribution in [0, 0.1) is 13.8 Å². The smallest absolute Gasteiger partial charge is 0.198 e. The molecule has 1 atom stereocenters. The van der Waals surface area contributed by atoms with Gasteiger partial charge in [-0.1, -0.05) is 6.07 Å². The number of hydrogen-bond donors (Lipinski definition) is 0. The lowest BCUT2D eigenvalue weighted by atomic mass is 9.90. The highest BCUT2D eigenvalue weighted by Gasteiger charge is 2.39. The average molecular weight is 248 g/mol. The molecule has 98 valence electrons. The summed E-state index contributed by atoms with van der Waals surface area (Å²) in [6, 6.07) is 3.81. The Morgan fingerprint density at radius 1 is 1.39 bits per heavy atom. The fourth-order valence-corrected chi connectivity index (χ4v) is 2.48.